The summed E-state index contributed by atoms with van der Waals surface area (Å²) in [5.41, 5.74) is 2.65. The summed E-state index contributed by atoms with van der Waals surface area (Å²) in [4.78, 5) is 14.0. The Hall–Kier alpha value is -1.98. The predicted octanol–water partition coefficient (Wildman–Crippen LogP) is 4.13. The van der Waals surface area contributed by atoms with Crippen LogP contribution in [0.25, 0.3) is 10.2 Å². The normalized spacial score (nSPS) is 15.1. The van der Waals surface area contributed by atoms with Crippen LogP contribution in [-0.4, -0.2) is 28.7 Å². The molecule has 1 N–H and O–H groups in total. The highest BCUT2D eigenvalue weighted by molar-refractivity contribution is 7.19. The van der Waals surface area contributed by atoms with Crippen LogP contribution in [0.1, 0.15) is 41.3 Å². The zero-order chi connectivity index (χ0) is 17.2. The molecule has 0 bridgehead atoms. The molecule has 25 heavy (non-hydrogen) atoms. The number of anilines is 1. The number of thiophene rings is 1. The van der Waals surface area contributed by atoms with Gasteiger partial charge >= 0.3 is 0 Å². The van der Waals surface area contributed by atoms with E-state index in [1.807, 2.05) is 17.4 Å². The molecule has 0 radical (unpaired) electrons. The summed E-state index contributed by atoms with van der Waals surface area (Å²) >= 11 is 1.83. The maximum absolute atomic E-state index is 9.60. The third-order valence-electron chi connectivity index (χ3n) is 5.12. The van der Waals surface area contributed by atoms with Crippen molar-refractivity contribution < 1.29 is 5.11 Å². The highest BCUT2D eigenvalue weighted by Gasteiger charge is 2.25. The molecule has 5 heteroatoms. The number of rotatable bonds is 5. The summed E-state index contributed by atoms with van der Waals surface area (Å²) in [6.07, 6.45) is 7.17. The standard InChI is InChI=1S/C20H23N3OS/c1-23(16(11-12-24)14-7-3-2-4-8-14)19-18-15-9-5-6-10-17(15)25-20(18)22-13-21-19/h2-4,7-8,13,16,24H,5-6,9-12H2,1H3/t16-/m1/s1. The number of aryl methyl sites for hydroxylation is 2. The topological polar surface area (TPSA) is 49.2 Å². The average Bonchev–Trinajstić information content (AvgIpc) is 3.05. The van der Waals surface area contributed by atoms with Gasteiger partial charge in [0.05, 0.1) is 11.4 Å². The lowest BCUT2D eigenvalue weighted by Gasteiger charge is -2.30. The lowest BCUT2D eigenvalue weighted by molar-refractivity contribution is 0.274. The minimum Gasteiger partial charge on any atom is -0.396 e. The van der Waals surface area contributed by atoms with Gasteiger partial charge < -0.3 is 10.0 Å². The van der Waals surface area contributed by atoms with Gasteiger partial charge in [0.2, 0.25) is 0 Å². The highest BCUT2D eigenvalue weighted by atomic mass is 32.1. The Bertz CT molecular complexity index is 862. The third-order valence-corrected chi connectivity index (χ3v) is 6.32. The smallest absolute Gasteiger partial charge is 0.141 e. The third kappa shape index (κ3) is 3.02. The van der Waals surface area contributed by atoms with Gasteiger partial charge in [-0.3, -0.25) is 0 Å². The molecule has 0 spiro atoms. The van der Waals surface area contributed by atoms with Crippen LogP contribution in [0.4, 0.5) is 5.82 Å². The van der Waals surface area contributed by atoms with E-state index in [-0.39, 0.29) is 12.6 Å². The van der Waals surface area contributed by atoms with Gasteiger partial charge in [-0.1, -0.05) is 30.3 Å². The zero-order valence-electron chi connectivity index (χ0n) is 14.5. The van der Waals surface area contributed by atoms with Crippen molar-refractivity contribution in [3.63, 3.8) is 0 Å². The molecular weight excluding hydrogens is 330 g/mol. The fraction of sp³-hybridized carbons (Fsp3) is 0.400. The van der Waals surface area contributed by atoms with Gasteiger partial charge in [-0.15, -0.1) is 11.3 Å². The molecule has 0 saturated carbocycles. The number of fused-ring (bicyclic) bond motifs is 3. The number of aliphatic hydroxyl groups is 1. The molecule has 1 aliphatic carbocycles. The average molecular weight is 353 g/mol. The molecule has 0 fully saturated rings. The molecule has 2 aromatic heterocycles. The van der Waals surface area contributed by atoms with Gasteiger partial charge in [-0.05, 0) is 43.2 Å². The van der Waals surface area contributed by atoms with Crippen LogP contribution in [0.2, 0.25) is 0 Å². The zero-order valence-corrected chi connectivity index (χ0v) is 15.3. The van der Waals surface area contributed by atoms with E-state index in [0.717, 1.165) is 23.5 Å². The van der Waals surface area contributed by atoms with Gasteiger partial charge in [0.25, 0.3) is 0 Å². The lowest BCUT2D eigenvalue weighted by Crippen LogP contribution is -2.26. The first kappa shape index (κ1) is 16.5. The highest BCUT2D eigenvalue weighted by Crippen LogP contribution is 2.40. The fourth-order valence-corrected chi connectivity index (χ4v) is 5.09. The van der Waals surface area contributed by atoms with Crippen molar-refractivity contribution in [3.05, 3.63) is 52.7 Å². The van der Waals surface area contributed by atoms with Gasteiger partial charge in [-0.2, -0.15) is 0 Å². The minimum atomic E-state index is 0.100. The second-order valence-corrected chi connectivity index (χ2v) is 7.72. The minimum absolute atomic E-state index is 0.100. The van der Waals surface area contributed by atoms with Crippen molar-refractivity contribution in [2.75, 3.05) is 18.6 Å². The molecule has 1 aromatic carbocycles. The number of hydrogen-bond donors (Lipinski definition) is 1. The van der Waals surface area contributed by atoms with Crippen LogP contribution < -0.4 is 4.90 Å². The molecule has 130 valence electrons. The first-order valence-corrected chi connectivity index (χ1v) is 9.75. The van der Waals surface area contributed by atoms with Crippen LogP contribution in [-0.2, 0) is 12.8 Å². The molecule has 0 saturated heterocycles. The molecule has 3 aromatic rings. The van der Waals surface area contributed by atoms with Crippen LogP contribution in [0.5, 0.6) is 0 Å². The summed E-state index contributed by atoms with van der Waals surface area (Å²) in [6, 6.07) is 10.5. The maximum atomic E-state index is 9.60. The van der Waals surface area contributed by atoms with E-state index >= 15 is 0 Å². The Kier molecular flexibility index (Phi) is 4.68. The molecule has 2 heterocycles. The van der Waals surface area contributed by atoms with Gasteiger partial charge in [0, 0.05) is 18.5 Å². The Morgan fingerprint density at radius 1 is 1.16 bits per heavy atom. The Balaban J connectivity index is 1.81. The van der Waals surface area contributed by atoms with Crippen LogP contribution in [0.15, 0.2) is 36.7 Å². The van der Waals surface area contributed by atoms with E-state index in [0.29, 0.717) is 6.42 Å². The predicted molar refractivity (Wildman–Crippen MR) is 103 cm³/mol. The molecule has 4 rings (SSSR count). The van der Waals surface area contributed by atoms with Crippen molar-refractivity contribution in [1.29, 1.82) is 0 Å². The summed E-state index contributed by atoms with van der Waals surface area (Å²) in [5, 5.41) is 10.8. The number of benzene rings is 1. The first-order valence-electron chi connectivity index (χ1n) is 8.93. The van der Waals surface area contributed by atoms with E-state index in [1.54, 1.807) is 6.33 Å². The summed E-state index contributed by atoms with van der Waals surface area (Å²) in [7, 11) is 2.09. The van der Waals surface area contributed by atoms with Crippen LogP contribution >= 0.6 is 11.3 Å². The van der Waals surface area contributed by atoms with E-state index in [9.17, 15) is 5.11 Å². The second kappa shape index (κ2) is 7.10. The molecule has 4 nitrogen and oxygen atoms in total. The van der Waals surface area contributed by atoms with Crippen LogP contribution in [0.3, 0.4) is 0 Å². The van der Waals surface area contributed by atoms with Gasteiger partial charge in [-0.25, -0.2) is 9.97 Å². The lowest BCUT2D eigenvalue weighted by atomic mass is 9.96. The quantitative estimate of drug-likeness (QED) is 0.749. The SMILES string of the molecule is CN(c1ncnc2sc3c(c12)CCCC3)[C@H](CCO)c1ccccc1. The second-order valence-electron chi connectivity index (χ2n) is 6.64. The van der Waals surface area contributed by atoms with Crippen molar-refractivity contribution in [3.8, 4) is 0 Å². The Morgan fingerprint density at radius 3 is 2.76 bits per heavy atom. The van der Waals surface area contributed by atoms with E-state index in [2.05, 4.69) is 46.2 Å². The van der Waals surface area contributed by atoms with Crippen molar-refractivity contribution >= 4 is 27.4 Å². The molecule has 0 unspecified atom stereocenters. The van der Waals surface area contributed by atoms with Crippen LogP contribution in [0, 0.1) is 0 Å². The summed E-state index contributed by atoms with van der Waals surface area (Å²) < 4.78 is 0. The molecule has 1 atom stereocenters. The monoisotopic (exact) mass is 353 g/mol. The number of aromatic nitrogens is 2. The van der Waals surface area contributed by atoms with Crippen molar-refractivity contribution in [1.82, 2.24) is 9.97 Å². The molecule has 1 aliphatic rings. The van der Waals surface area contributed by atoms with Gasteiger partial charge in [0.1, 0.15) is 17.0 Å². The first-order chi connectivity index (χ1) is 12.3. The summed E-state index contributed by atoms with van der Waals surface area (Å²) in [5.74, 6) is 0.992. The maximum Gasteiger partial charge on any atom is 0.141 e. The fourth-order valence-electron chi connectivity index (χ4n) is 3.87. The van der Waals surface area contributed by atoms with Gasteiger partial charge in [0.15, 0.2) is 0 Å². The number of hydrogen-bond acceptors (Lipinski definition) is 5. The Morgan fingerprint density at radius 2 is 1.96 bits per heavy atom. The summed E-state index contributed by atoms with van der Waals surface area (Å²) in [6.45, 7) is 0.153. The largest absolute Gasteiger partial charge is 0.396 e. The number of nitrogens with zero attached hydrogens (tertiary/aromatic N) is 3. The van der Waals surface area contributed by atoms with E-state index in [4.69, 9.17) is 0 Å². The van der Waals surface area contributed by atoms with Crippen molar-refractivity contribution in [2.24, 2.45) is 0 Å². The van der Waals surface area contributed by atoms with Crippen molar-refractivity contribution in [2.45, 2.75) is 38.1 Å². The Labute approximate surface area is 152 Å². The molecule has 0 aliphatic heterocycles. The molecular formula is C20H23N3OS. The van der Waals surface area contributed by atoms with E-state index in [1.165, 1.54) is 34.2 Å². The van der Waals surface area contributed by atoms with E-state index < -0.39 is 0 Å². The molecule has 0 amide bonds. The number of aliphatic hydroxyl groups excluding tert-OH is 1.